The fourth-order valence-electron chi connectivity index (χ4n) is 3.85. The highest BCUT2D eigenvalue weighted by Crippen LogP contribution is 2.44. The summed E-state index contributed by atoms with van der Waals surface area (Å²) in [6.07, 6.45) is 10.2. The van der Waals surface area contributed by atoms with Crippen LogP contribution in [0.25, 0.3) is 0 Å². The number of carbonyl (C=O) groups is 1. The van der Waals surface area contributed by atoms with Gasteiger partial charge >= 0.3 is 0 Å². The summed E-state index contributed by atoms with van der Waals surface area (Å²) in [4.78, 5) is 14.3. The van der Waals surface area contributed by atoms with Crippen LogP contribution in [0.2, 0.25) is 0 Å². The van der Waals surface area contributed by atoms with E-state index in [1.54, 1.807) is 0 Å². The Morgan fingerprint density at radius 1 is 1.11 bits per heavy atom. The van der Waals surface area contributed by atoms with Gasteiger partial charge in [-0.3, -0.25) is 4.79 Å². The van der Waals surface area contributed by atoms with Crippen LogP contribution in [0.5, 0.6) is 0 Å². The number of rotatable bonds is 3. The van der Waals surface area contributed by atoms with Crippen molar-refractivity contribution < 1.29 is 4.79 Å². The largest absolute Gasteiger partial charge is 0.341 e. The third kappa shape index (κ3) is 3.71. The van der Waals surface area contributed by atoms with Gasteiger partial charge in [-0.25, -0.2) is 0 Å². The minimum atomic E-state index is -0.291. The second-order valence-electron chi connectivity index (χ2n) is 7.12. The van der Waals surface area contributed by atoms with Gasteiger partial charge in [-0.05, 0) is 43.4 Å². The van der Waals surface area contributed by atoms with E-state index in [1.165, 1.54) is 44.9 Å². The van der Waals surface area contributed by atoms with E-state index in [0.29, 0.717) is 11.3 Å². The summed E-state index contributed by atoms with van der Waals surface area (Å²) < 4.78 is 0. The number of hydrogen-bond donors (Lipinski definition) is 1. The van der Waals surface area contributed by atoms with Gasteiger partial charge in [-0.15, -0.1) is 0 Å². The first-order chi connectivity index (χ1) is 9.02. The molecule has 0 aromatic heterocycles. The number of piperidine rings is 1. The molecule has 1 aliphatic heterocycles. The molecule has 2 rings (SSSR count). The number of hydrogen-bond acceptors (Lipinski definition) is 2. The third-order valence-corrected chi connectivity index (χ3v) is 5.09. The van der Waals surface area contributed by atoms with E-state index in [9.17, 15) is 4.79 Å². The molecule has 3 nitrogen and oxygen atoms in total. The molecular weight excluding hydrogens is 236 g/mol. The highest BCUT2D eigenvalue weighted by Gasteiger charge is 2.37. The van der Waals surface area contributed by atoms with Crippen molar-refractivity contribution in [2.75, 3.05) is 13.1 Å². The van der Waals surface area contributed by atoms with Gasteiger partial charge < -0.3 is 10.6 Å². The molecule has 0 unspecified atom stereocenters. The average Bonchev–Trinajstić information content (AvgIpc) is 2.39. The SMILES string of the molecule is CC(C)C[C@@H](N)C(=O)N1CCC2(CCCCC2)CC1. The zero-order chi connectivity index (χ0) is 13.9. The quantitative estimate of drug-likeness (QED) is 0.853. The normalized spacial score (nSPS) is 24.7. The van der Waals surface area contributed by atoms with E-state index in [-0.39, 0.29) is 11.9 Å². The van der Waals surface area contributed by atoms with Crippen LogP contribution < -0.4 is 5.73 Å². The highest BCUT2D eigenvalue weighted by molar-refractivity contribution is 5.81. The van der Waals surface area contributed by atoms with Crippen molar-refractivity contribution in [2.45, 2.75) is 71.3 Å². The first kappa shape index (κ1) is 14.8. The molecule has 1 atom stereocenters. The van der Waals surface area contributed by atoms with Crippen molar-refractivity contribution in [3.8, 4) is 0 Å². The summed E-state index contributed by atoms with van der Waals surface area (Å²) in [6.45, 7) is 6.12. The zero-order valence-electron chi connectivity index (χ0n) is 12.7. The molecule has 1 saturated carbocycles. The van der Waals surface area contributed by atoms with Gasteiger partial charge in [0.2, 0.25) is 5.91 Å². The minimum Gasteiger partial charge on any atom is -0.341 e. The molecule has 3 heteroatoms. The Bertz CT molecular complexity index is 298. The highest BCUT2D eigenvalue weighted by atomic mass is 16.2. The van der Waals surface area contributed by atoms with E-state index < -0.39 is 0 Å². The fourth-order valence-corrected chi connectivity index (χ4v) is 3.85. The van der Waals surface area contributed by atoms with Crippen LogP contribution in [-0.4, -0.2) is 29.9 Å². The summed E-state index contributed by atoms with van der Waals surface area (Å²) in [7, 11) is 0. The van der Waals surface area contributed by atoms with Gasteiger partial charge in [-0.2, -0.15) is 0 Å². The Kier molecular flexibility index (Phi) is 4.88. The van der Waals surface area contributed by atoms with Gasteiger partial charge in [0, 0.05) is 13.1 Å². The van der Waals surface area contributed by atoms with Crippen molar-refractivity contribution in [3.05, 3.63) is 0 Å². The first-order valence-corrected chi connectivity index (χ1v) is 8.07. The van der Waals surface area contributed by atoms with Crippen LogP contribution >= 0.6 is 0 Å². The Morgan fingerprint density at radius 3 is 2.21 bits per heavy atom. The fraction of sp³-hybridized carbons (Fsp3) is 0.938. The standard InChI is InChI=1S/C16H30N2O/c1-13(2)12-14(17)15(19)18-10-8-16(9-11-18)6-4-3-5-7-16/h13-14H,3-12,17H2,1-2H3/t14-/m1/s1. The number of likely N-dealkylation sites (tertiary alicyclic amines) is 1. The summed E-state index contributed by atoms with van der Waals surface area (Å²) in [6, 6.07) is -0.291. The minimum absolute atomic E-state index is 0.180. The predicted molar refractivity (Wildman–Crippen MR) is 78.8 cm³/mol. The van der Waals surface area contributed by atoms with Crippen LogP contribution in [0.3, 0.4) is 0 Å². The van der Waals surface area contributed by atoms with Gasteiger partial charge in [0.05, 0.1) is 6.04 Å². The lowest BCUT2D eigenvalue weighted by molar-refractivity contribution is -0.135. The van der Waals surface area contributed by atoms with Crippen LogP contribution in [0.15, 0.2) is 0 Å². The van der Waals surface area contributed by atoms with Gasteiger partial charge in [0.1, 0.15) is 0 Å². The maximum Gasteiger partial charge on any atom is 0.239 e. The lowest BCUT2D eigenvalue weighted by atomic mass is 9.68. The summed E-state index contributed by atoms with van der Waals surface area (Å²) in [5, 5.41) is 0. The van der Waals surface area contributed by atoms with Gasteiger partial charge in [-0.1, -0.05) is 33.1 Å². The van der Waals surface area contributed by atoms with E-state index >= 15 is 0 Å². The first-order valence-electron chi connectivity index (χ1n) is 8.07. The molecule has 1 aliphatic carbocycles. The van der Waals surface area contributed by atoms with Gasteiger partial charge in [0.25, 0.3) is 0 Å². The Hall–Kier alpha value is -0.570. The maximum absolute atomic E-state index is 12.3. The third-order valence-electron chi connectivity index (χ3n) is 5.09. The molecule has 2 N–H and O–H groups in total. The molecule has 0 aromatic rings. The summed E-state index contributed by atoms with van der Waals surface area (Å²) >= 11 is 0. The van der Waals surface area contributed by atoms with E-state index in [0.717, 1.165) is 19.5 Å². The lowest BCUT2D eigenvalue weighted by Crippen LogP contribution is -2.50. The van der Waals surface area contributed by atoms with E-state index in [2.05, 4.69) is 13.8 Å². The smallest absolute Gasteiger partial charge is 0.239 e. The Balaban J connectivity index is 1.83. The predicted octanol–water partition coefficient (Wildman–Crippen LogP) is 2.93. The van der Waals surface area contributed by atoms with E-state index in [1.807, 2.05) is 4.90 Å². The second kappa shape index (κ2) is 6.25. The average molecular weight is 266 g/mol. The van der Waals surface area contributed by atoms with E-state index in [4.69, 9.17) is 5.73 Å². The van der Waals surface area contributed by atoms with Crippen molar-refractivity contribution >= 4 is 5.91 Å². The van der Waals surface area contributed by atoms with Crippen molar-refractivity contribution in [1.82, 2.24) is 4.90 Å². The van der Waals surface area contributed by atoms with Crippen LogP contribution in [0, 0.1) is 11.3 Å². The molecule has 2 aliphatic rings. The molecule has 0 aromatic carbocycles. The monoisotopic (exact) mass is 266 g/mol. The summed E-state index contributed by atoms with van der Waals surface area (Å²) in [5.74, 6) is 0.674. The number of nitrogens with zero attached hydrogens (tertiary/aromatic N) is 1. The molecule has 1 heterocycles. The molecule has 0 bridgehead atoms. The number of carbonyl (C=O) groups excluding carboxylic acids is 1. The lowest BCUT2D eigenvalue weighted by Gasteiger charge is -2.44. The van der Waals surface area contributed by atoms with Crippen molar-refractivity contribution in [2.24, 2.45) is 17.1 Å². The number of nitrogens with two attached hydrogens (primary N) is 1. The maximum atomic E-state index is 12.3. The Morgan fingerprint density at radius 2 is 1.68 bits per heavy atom. The number of amides is 1. The van der Waals surface area contributed by atoms with Crippen molar-refractivity contribution in [3.63, 3.8) is 0 Å². The molecule has 1 spiro atoms. The molecule has 1 amide bonds. The van der Waals surface area contributed by atoms with Crippen LogP contribution in [0.4, 0.5) is 0 Å². The Labute approximate surface area is 117 Å². The molecular formula is C16H30N2O. The second-order valence-corrected chi connectivity index (χ2v) is 7.12. The van der Waals surface area contributed by atoms with Crippen LogP contribution in [0.1, 0.15) is 65.2 Å². The molecule has 0 radical (unpaired) electrons. The molecule has 2 fully saturated rings. The van der Waals surface area contributed by atoms with Crippen LogP contribution in [-0.2, 0) is 4.79 Å². The summed E-state index contributed by atoms with van der Waals surface area (Å²) in [5.41, 5.74) is 6.59. The zero-order valence-corrected chi connectivity index (χ0v) is 12.7. The molecule has 110 valence electrons. The molecule has 1 saturated heterocycles. The molecule has 19 heavy (non-hydrogen) atoms. The van der Waals surface area contributed by atoms with Gasteiger partial charge in [0.15, 0.2) is 0 Å². The van der Waals surface area contributed by atoms with Crippen molar-refractivity contribution in [1.29, 1.82) is 0 Å². The topological polar surface area (TPSA) is 46.3 Å².